The molecule has 0 aliphatic heterocycles. The number of rotatable bonds is 2. The smallest absolute Gasteiger partial charge is 0.240 e. The lowest BCUT2D eigenvalue weighted by atomic mass is 10.2. The Morgan fingerprint density at radius 2 is 1.80 bits per heavy atom. The molecule has 0 bridgehead atoms. The molecule has 0 atom stereocenters. The molecule has 1 aromatic heterocycles. The summed E-state index contributed by atoms with van der Waals surface area (Å²) in [5, 5.41) is 5.20. The van der Waals surface area contributed by atoms with Crippen LogP contribution in [-0.4, -0.2) is 18.4 Å². The Hall–Kier alpha value is -2.38. The van der Waals surface area contributed by atoms with Gasteiger partial charge in [-0.15, -0.1) is 0 Å². The number of fused-ring (bicyclic) bond motifs is 1. The Morgan fingerprint density at radius 1 is 1.10 bits per heavy atom. The number of benzene rings is 2. The van der Waals surface area contributed by atoms with Gasteiger partial charge in [0.2, 0.25) is 10.0 Å². The lowest BCUT2D eigenvalue weighted by Gasteiger charge is -2.00. The Kier molecular flexibility index (Phi) is 2.73. The summed E-state index contributed by atoms with van der Waals surface area (Å²) in [5.41, 5.74) is 7.69. The largest absolute Gasteiger partial charge is 0.399 e. The van der Waals surface area contributed by atoms with Gasteiger partial charge in [-0.05, 0) is 12.1 Å². The molecule has 0 aliphatic rings. The van der Waals surface area contributed by atoms with Gasteiger partial charge in [-0.3, -0.25) is 0 Å². The quantitative estimate of drug-likeness (QED) is 0.619. The van der Waals surface area contributed by atoms with Crippen molar-refractivity contribution in [2.75, 3.05) is 5.73 Å². The van der Waals surface area contributed by atoms with Crippen LogP contribution in [0.3, 0.4) is 0 Å². The van der Waals surface area contributed by atoms with E-state index < -0.39 is 10.0 Å². The van der Waals surface area contributed by atoms with Crippen LogP contribution >= 0.6 is 0 Å². The Bertz CT molecular complexity index is 885. The van der Waals surface area contributed by atoms with Gasteiger partial charge in [0.05, 0.1) is 5.52 Å². The summed E-state index contributed by atoms with van der Waals surface area (Å²) in [6.07, 6.45) is 0. The highest BCUT2D eigenvalue weighted by atomic mass is 32.2. The third-order valence-electron chi connectivity index (χ3n) is 2.93. The molecule has 0 amide bonds. The summed E-state index contributed by atoms with van der Waals surface area (Å²) in [7, 11) is -3.88. The van der Waals surface area contributed by atoms with E-state index >= 15 is 0 Å². The first kappa shape index (κ1) is 12.6. The van der Waals surface area contributed by atoms with E-state index in [0.717, 1.165) is 5.56 Å². The minimum absolute atomic E-state index is 0.0778. The van der Waals surface area contributed by atoms with Gasteiger partial charge in [-0.1, -0.05) is 30.3 Å². The number of hydrogen-bond acceptors (Lipinski definition) is 4. The van der Waals surface area contributed by atoms with Crippen molar-refractivity contribution < 1.29 is 8.42 Å². The van der Waals surface area contributed by atoms with Crippen LogP contribution < -0.4 is 10.9 Å². The molecule has 0 saturated carbocycles. The van der Waals surface area contributed by atoms with Crippen LogP contribution in [0.2, 0.25) is 0 Å². The maximum atomic E-state index is 11.6. The minimum atomic E-state index is -3.88. The van der Waals surface area contributed by atoms with Crippen LogP contribution in [-0.2, 0) is 10.0 Å². The second kappa shape index (κ2) is 4.32. The number of nitrogens with zero attached hydrogens (tertiary/aromatic N) is 1. The van der Waals surface area contributed by atoms with Crippen LogP contribution in [0.5, 0.6) is 0 Å². The fraction of sp³-hybridized carbons (Fsp3) is 0. The number of primary sulfonamides is 1. The molecule has 0 radical (unpaired) electrons. The van der Waals surface area contributed by atoms with Crippen LogP contribution in [0.15, 0.2) is 47.4 Å². The summed E-state index contributed by atoms with van der Waals surface area (Å²) >= 11 is 0. The molecule has 6 nitrogen and oxygen atoms in total. The fourth-order valence-corrected chi connectivity index (χ4v) is 2.78. The maximum Gasteiger partial charge on any atom is 0.240 e. The molecule has 5 N–H and O–H groups in total. The van der Waals surface area contributed by atoms with Crippen molar-refractivity contribution in [1.82, 2.24) is 9.97 Å². The number of nitrogen functional groups attached to an aromatic ring is 1. The van der Waals surface area contributed by atoms with Gasteiger partial charge in [-0.25, -0.2) is 18.5 Å². The average molecular weight is 288 g/mol. The molecule has 0 fully saturated rings. The monoisotopic (exact) mass is 288 g/mol. The second-order valence-corrected chi connectivity index (χ2v) is 5.94. The highest BCUT2D eigenvalue weighted by molar-refractivity contribution is 7.89. The third kappa shape index (κ3) is 2.13. The van der Waals surface area contributed by atoms with Gasteiger partial charge < -0.3 is 10.7 Å². The minimum Gasteiger partial charge on any atom is -0.399 e. The average Bonchev–Trinajstić information content (AvgIpc) is 2.81. The van der Waals surface area contributed by atoms with Crippen LogP contribution in [0, 0.1) is 0 Å². The highest BCUT2D eigenvalue weighted by Crippen LogP contribution is 2.27. The van der Waals surface area contributed by atoms with Gasteiger partial charge in [0.25, 0.3) is 0 Å². The SMILES string of the molecule is Nc1cc(S(N)(=O)=O)c2nc(-c3ccccc3)[nH]c2c1. The van der Waals surface area contributed by atoms with Crippen molar-refractivity contribution in [3.63, 3.8) is 0 Å². The fourth-order valence-electron chi connectivity index (χ4n) is 2.06. The molecule has 0 spiro atoms. The first-order valence-electron chi connectivity index (χ1n) is 5.82. The zero-order chi connectivity index (χ0) is 14.3. The molecule has 0 saturated heterocycles. The van der Waals surface area contributed by atoms with E-state index in [-0.39, 0.29) is 4.90 Å². The summed E-state index contributed by atoms with van der Waals surface area (Å²) in [6.45, 7) is 0. The van der Waals surface area contributed by atoms with Gasteiger partial charge in [0, 0.05) is 11.3 Å². The van der Waals surface area contributed by atoms with E-state index in [1.807, 2.05) is 30.3 Å². The van der Waals surface area contributed by atoms with Crippen molar-refractivity contribution in [3.8, 4) is 11.4 Å². The van der Waals surface area contributed by atoms with E-state index in [4.69, 9.17) is 10.9 Å². The van der Waals surface area contributed by atoms with Gasteiger partial charge in [-0.2, -0.15) is 0 Å². The summed E-state index contributed by atoms with van der Waals surface area (Å²) < 4.78 is 23.2. The predicted molar refractivity (Wildman–Crippen MR) is 77.3 cm³/mol. The number of aromatic amines is 1. The number of hydrogen-bond donors (Lipinski definition) is 3. The van der Waals surface area contributed by atoms with E-state index in [1.165, 1.54) is 6.07 Å². The number of nitrogens with one attached hydrogen (secondary N) is 1. The second-order valence-electron chi connectivity index (χ2n) is 4.41. The van der Waals surface area contributed by atoms with E-state index in [2.05, 4.69) is 9.97 Å². The summed E-state index contributed by atoms with van der Waals surface area (Å²) in [4.78, 5) is 7.30. The number of anilines is 1. The predicted octanol–water partition coefficient (Wildman–Crippen LogP) is 1.46. The van der Waals surface area contributed by atoms with Crippen molar-refractivity contribution in [1.29, 1.82) is 0 Å². The molecule has 3 aromatic rings. The Labute approximate surface area is 115 Å². The van der Waals surface area contributed by atoms with Gasteiger partial charge in [0.15, 0.2) is 0 Å². The molecule has 0 unspecified atom stereocenters. The summed E-state index contributed by atoms with van der Waals surface area (Å²) in [5.74, 6) is 0.566. The standard InChI is InChI=1S/C13H12N4O2S/c14-9-6-10-12(11(7-9)20(15,18)19)17-13(16-10)8-4-2-1-3-5-8/h1-7H,14H2,(H,16,17)(H2,15,18,19). The Morgan fingerprint density at radius 3 is 2.45 bits per heavy atom. The maximum absolute atomic E-state index is 11.6. The van der Waals surface area contributed by atoms with Gasteiger partial charge in [0.1, 0.15) is 16.2 Å². The van der Waals surface area contributed by atoms with Crippen LogP contribution in [0.25, 0.3) is 22.4 Å². The number of sulfonamides is 1. The lowest BCUT2D eigenvalue weighted by molar-refractivity contribution is 0.598. The molecule has 102 valence electrons. The molecule has 0 aliphatic carbocycles. The molecule has 1 heterocycles. The lowest BCUT2D eigenvalue weighted by Crippen LogP contribution is -2.13. The van der Waals surface area contributed by atoms with E-state index in [9.17, 15) is 8.42 Å². The number of nitrogens with two attached hydrogens (primary N) is 2. The normalized spacial score (nSPS) is 11.8. The first-order valence-corrected chi connectivity index (χ1v) is 7.37. The van der Waals surface area contributed by atoms with Crippen molar-refractivity contribution in [2.45, 2.75) is 4.90 Å². The number of imidazole rings is 1. The number of H-pyrrole nitrogens is 1. The molecular formula is C13H12N4O2S. The van der Waals surface area contributed by atoms with E-state index in [0.29, 0.717) is 22.5 Å². The third-order valence-corrected chi connectivity index (χ3v) is 3.85. The van der Waals surface area contributed by atoms with Gasteiger partial charge >= 0.3 is 0 Å². The van der Waals surface area contributed by atoms with Crippen molar-refractivity contribution >= 4 is 26.7 Å². The molecule has 2 aromatic carbocycles. The van der Waals surface area contributed by atoms with E-state index in [1.54, 1.807) is 6.07 Å². The topological polar surface area (TPSA) is 115 Å². The Balaban J connectivity index is 2.32. The van der Waals surface area contributed by atoms with Crippen LogP contribution in [0.4, 0.5) is 5.69 Å². The highest BCUT2D eigenvalue weighted by Gasteiger charge is 2.17. The molecular weight excluding hydrogens is 276 g/mol. The summed E-state index contributed by atoms with van der Waals surface area (Å²) in [6, 6.07) is 12.3. The van der Waals surface area contributed by atoms with Crippen molar-refractivity contribution in [3.05, 3.63) is 42.5 Å². The molecule has 3 rings (SSSR count). The zero-order valence-corrected chi connectivity index (χ0v) is 11.2. The number of aromatic nitrogens is 2. The van der Waals surface area contributed by atoms with Crippen LogP contribution in [0.1, 0.15) is 0 Å². The molecule has 7 heteroatoms. The molecule has 20 heavy (non-hydrogen) atoms. The first-order chi connectivity index (χ1) is 9.45. The zero-order valence-electron chi connectivity index (χ0n) is 10.4. The van der Waals surface area contributed by atoms with Crippen molar-refractivity contribution in [2.24, 2.45) is 5.14 Å².